The third-order valence-corrected chi connectivity index (χ3v) is 3.44. The molecule has 20 heavy (non-hydrogen) atoms. The zero-order chi connectivity index (χ0) is 14.5. The molecule has 0 saturated heterocycles. The summed E-state index contributed by atoms with van der Waals surface area (Å²) in [6, 6.07) is 8.47. The largest absolute Gasteiger partial charge is 0.496 e. The first-order valence-corrected chi connectivity index (χ1v) is 6.67. The Balaban J connectivity index is 2.22. The van der Waals surface area contributed by atoms with Crippen molar-refractivity contribution in [2.24, 2.45) is 0 Å². The van der Waals surface area contributed by atoms with E-state index >= 15 is 0 Å². The maximum atomic E-state index is 11.3. The molecular weight excluding hydrogens is 276 g/mol. The molecule has 0 unspecified atom stereocenters. The van der Waals surface area contributed by atoms with Gasteiger partial charge in [-0.2, -0.15) is 5.26 Å². The lowest BCUT2D eigenvalue weighted by Gasteiger charge is -2.08. The number of nitrogens with two attached hydrogens (primary N) is 1. The summed E-state index contributed by atoms with van der Waals surface area (Å²) in [4.78, 5) is 17.9. The first-order valence-electron chi connectivity index (χ1n) is 5.69. The summed E-state index contributed by atoms with van der Waals surface area (Å²) in [5.41, 5.74) is 6.62. The van der Waals surface area contributed by atoms with Crippen LogP contribution in [0.3, 0.4) is 0 Å². The van der Waals surface area contributed by atoms with Crippen molar-refractivity contribution in [3.63, 3.8) is 0 Å². The van der Waals surface area contributed by atoms with Crippen molar-refractivity contribution in [2.75, 3.05) is 12.8 Å². The number of aromatic nitrogens is 2. The lowest BCUT2D eigenvalue weighted by molar-refractivity contribution is 0.411. The van der Waals surface area contributed by atoms with Crippen molar-refractivity contribution < 1.29 is 4.74 Å². The van der Waals surface area contributed by atoms with Crippen LogP contribution in [0, 0.1) is 11.3 Å². The average Bonchev–Trinajstić information content (AvgIpc) is 2.43. The summed E-state index contributed by atoms with van der Waals surface area (Å²) >= 11 is 1.31. The van der Waals surface area contributed by atoms with Crippen LogP contribution in [0.25, 0.3) is 0 Å². The van der Waals surface area contributed by atoms with Gasteiger partial charge in [0.2, 0.25) is 0 Å². The number of nitriles is 1. The van der Waals surface area contributed by atoms with Crippen molar-refractivity contribution in [1.29, 1.82) is 5.26 Å². The molecule has 102 valence electrons. The fourth-order valence-corrected chi connectivity index (χ4v) is 2.49. The Labute approximate surface area is 119 Å². The Kier molecular flexibility index (Phi) is 4.27. The number of anilines is 1. The van der Waals surface area contributed by atoms with Crippen LogP contribution >= 0.6 is 11.8 Å². The Hall–Kier alpha value is -2.46. The number of rotatable bonds is 4. The predicted molar refractivity (Wildman–Crippen MR) is 76.5 cm³/mol. The van der Waals surface area contributed by atoms with Crippen molar-refractivity contribution in [2.45, 2.75) is 10.9 Å². The third-order valence-electron chi connectivity index (χ3n) is 2.51. The van der Waals surface area contributed by atoms with E-state index in [4.69, 9.17) is 15.7 Å². The number of nitrogens with one attached hydrogen (secondary N) is 1. The van der Waals surface area contributed by atoms with Gasteiger partial charge in [0, 0.05) is 17.4 Å². The summed E-state index contributed by atoms with van der Waals surface area (Å²) < 4.78 is 5.24. The minimum absolute atomic E-state index is 0.175. The topological polar surface area (TPSA) is 105 Å². The fourth-order valence-electron chi connectivity index (χ4n) is 1.63. The van der Waals surface area contributed by atoms with Gasteiger partial charge in [-0.05, 0) is 18.2 Å². The molecule has 0 aliphatic rings. The number of methoxy groups -OCH3 is 1. The zero-order valence-electron chi connectivity index (χ0n) is 10.7. The van der Waals surface area contributed by atoms with Gasteiger partial charge in [0.15, 0.2) is 5.16 Å². The molecule has 6 nitrogen and oxygen atoms in total. The van der Waals surface area contributed by atoms with Crippen molar-refractivity contribution in [3.05, 3.63) is 45.7 Å². The smallest absolute Gasteiger partial charge is 0.253 e. The lowest BCUT2D eigenvalue weighted by Crippen LogP contribution is -2.09. The Morgan fingerprint density at radius 1 is 1.50 bits per heavy atom. The Bertz CT molecular complexity index is 721. The highest BCUT2D eigenvalue weighted by Gasteiger charge is 2.07. The van der Waals surface area contributed by atoms with Crippen LogP contribution < -0.4 is 16.0 Å². The van der Waals surface area contributed by atoms with Gasteiger partial charge >= 0.3 is 0 Å². The summed E-state index contributed by atoms with van der Waals surface area (Å²) in [6.07, 6.45) is 0. The normalized spacial score (nSPS) is 10.0. The predicted octanol–water partition coefficient (Wildman–Crippen LogP) is 1.52. The van der Waals surface area contributed by atoms with E-state index in [1.165, 1.54) is 17.8 Å². The van der Waals surface area contributed by atoms with E-state index in [2.05, 4.69) is 16.0 Å². The SMILES string of the molecule is COc1ccc(C#N)cc1CSc1nc(N)cc(=O)[nH]1. The molecule has 0 atom stereocenters. The van der Waals surface area contributed by atoms with E-state index in [1.807, 2.05) is 0 Å². The quantitative estimate of drug-likeness (QED) is 0.653. The molecule has 0 saturated carbocycles. The number of aromatic amines is 1. The molecule has 1 aromatic carbocycles. The summed E-state index contributed by atoms with van der Waals surface area (Å²) in [6.45, 7) is 0. The highest BCUT2D eigenvalue weighted by atomic mass is 32.2. The Morgan fingerprint density at radius 2 is 2.30 bits per heavy atom. The van der Waals surface area contributed by atoms with Gasteiger partial charge in [-0.15, -0.1) is 0 Å². The van der Waals surface area contributed by atoms with Gasteiger partial charge in [0.25, 0.3) is 5.56 Å². The van der Waals surface area contributed by atoms with Gasteiger partial charge in [0.1, 0.15) is 11.6 Å². The zero-order valence-corrected chi connectivity index (χ0v) is 11.5. The molecule has 2 aromatic rings. The molecule has 1 aromatic heterocycles. The van der Waals surface area contributed by atoms with Gasteiger partial charge in [-0.25, -0.2) is 4.98 Å². The van der Waals surface area contributed by atoms with E-state index < -0.39 is 0 Å². The number of hydrogen-bond donors (Lipinski definition) is 2. The van der Waals surface area contributed by atoms with Crippen molar-refractivity contribution in [1.82, 2.24) is 9.97 Å². The number of thioether (sulfide) groups is 1. The molecule has 3 N–H and O–H groups in total. The second-order valence-electron chi connectivity index (χ2n) is 3.90. The summed E-state index contributed by atoms with van der Waals surface area (Å²) in [5.74, 6) is 1.36. The molecule has 2 rings (SSSR count). The van der Waals surface area contributed by atoms with Crippen LogP contribution in [0.15, 0.2) is 34.2 Å². The molecule has 0 radical (unpaired) electrons. The molecule has 7 heteroatoms. The molecule has 0 aliphatic carbocycles. The summed E-state index contributed by atoms with van der Waals surface area (Å²) in [7, 11) is 1.57. The Morgan fingerprint density at radius 3 is 2.95 bits per heavy atom. The van der Waals surface area contributed by atoms with Crippen LogP contribution in [-0.4, -0.2) is 17.1 Å². The number of nitrogen functional groups attached to an aromatic ring is 1. The fraction of sp³-hybridized carbons (Fsp3) is 0.154. The lowest BCUT2D eigenvalue weighted by atomic mass is 10.1. The molecular formula is C13H12N4O2S. The molecule has 0 bridgehead atoms. The molecule has 0 aliphatic heterocycles. The number of benzene rings is 1. The van der Waals surface area contributed by atoms with E-state index in [1.54, 1.807) is 25.3 Å². The minimum atomic E-state index is -0.294. The van der Waals surface area contributed by atoms with Crippen molar-refractivity contribution >= 4 is 17.6 Å². The second-order valence-corrected chi connectivity index (χ2v) is 4.87. The standard InChI is InChI=1S/C13H12N4O2S/c1-19-10-3-2-8(6-14)4-9(10)7-20-13-16-11(15)5-12(18)17-13/h2-5H,7H2,1H3,(H3,15,16,17,18). The molecule has 0 spiro atoms. The van der Waals surface area contributed by atoms with Crippen LogP contribution in [0.2, 0.25) is 0 Å². The number of H-pyrrole nitrogens is 1. The number of hydrogen-bond acceptors (Lipinski definition) is 6. The van der Waals surface area contributed by atoms with Crippen LogP contribution in [0.4, 0.5) is 5.82 Å². The summed E-state index contributed by atoms with van der Waals surface area (Å²) in [5, 5.41) is 9.34. The molecule has 1 heterocycles. The third kappa shape index (κ3) is 3.30. The van der Waals surface area contributed by atoms with Gasteiger partial charge in [0.05, 0.1) is 18.7 Å². The maximum absolute atomic E-state index is 11.3. The highest BCUT2D eigenvalue weighted by molar-refractivity contribution is 7.98. The van der Waals surface area contributed by atoms with Crippen molar-refractivity contribution in [3.8, 4) is 11.8 Å². The van der Waals surface area contributed by atoms with Gasteiger partial charge in [-0.1, -0.05) is 11.8 Å². The maximum Gasteiger partial charge on any atom is 0.253 e. The highest BCUT2D eigenvalue weighted by Crippen LogP contribution is 2.26. The van der Waals surface area contributed by atoms with E-state index in [-0.39, 0.29) is 11.4 Å². The van der Waals surface area contributed by atoms with E-state index in [0.717, 1.165) is 5.56 Å². The van der Waals surface area contributed by atoms with Crippen LogP contribution in [0.1, 0.15) is 11.1 Å². The average molecular weight is 288 g/mol. The van der Waals surface area contributed by atoms with Crippen LogP contribution in [0.5, 0.6) is 5.75 Å². The molecule has 0 amide bonds. The number of nitrogens with zero attached hydrogens (tertiary/aromatic N) is 2. The van der Waals surface area contributed by atoms with Crippen LogP contribution in [-0.2, 0) is 5.75 Å². The monoisotopic (exact) mass is 288 g/mol. The van der Waals surface area contributed by atoms with E-state index in [0.29, 0.717) is 22.2 Å². The minimum Gasteiger partial charge on any atom is -0.496 e. The molecule has 0 fully saturated rings. The van der Waals surface area contributed by atoms with Gasteiger partial charge in [-0.3, -0.25) is 4.79 Å². The second kappa shape index (κ2) is 6.12. The number of ether oxygens (including phenoxy) is 1. The first kappa shape index (κ1) is 14.0. The first-order chi connectivity index (χ1) is 9.62. The van der Waals surface area contributed by atoms with E-state index in [9.17, 15) is 4.79 Å². The van der Waals surface area contributed by atoms with Gasteiger partial charge < -0.3 is 15.5 Å².